The Bertz CT molecular complexity index is 783. The molecule has 2 aromatic rings. The second-order valence-corrected chi connectivity index (χ2v) is 6.46. The fraction of sp³-hybridized carbons (Fsp3) is 0.500. The predicted octanol–water partition coefficient (Wildman–Crippen LogP) is 1.24. The molecule has 1 saturated carbocycles. The van der Waals surface area contributed by atoms with E-state index in [9.17, 15) is 13.6 Å². The summed E-state index contributed by atoms with van der Waals surface area (Å²) in [6, 6.07) is 3.46. The Hall–Kier alpha value is -2.42. The monoisotopic (exact) mass is 348 g/mol. The average molecular weight is 348 g/mol. The van der Waals surface area contributed by atoms with Crippen LogP contribution in [-0.2, 0) is 6.54 Å². The van der Waals surface area contributed by atoms with E-state index in [1.165, 1.54) is 6.07 Å². The molecule has 2 fully saturated rings. The Kier molecular flexibility index (Phi) is 4.16. The van der Waals surface area contributed by atoms with Gasteiger partial charge in [0.2, 0.25) is 0 Å². The quantitative estimate of drug-likeness (QED) is 0.832. The molecule has 1 amide bonds. The maximum atomic E-state index is 13.8. The molecule has 0 atom stereocenters. The maximum Gasteiger partial charge on any atom is 0.256 e. The van der Waals surface area contributed by atoms with E-state index in [4.69, 9.17) is 0 Å². The molecule has 7 nitrogen and oxygen atoms in total. The number of hydrogen-bond donors (Lipinski definition) is 0. The lowest BCUT2D eigenvalue weighted by atomic mass is 10.1. The molecular weight excluding hydrogens is 330 g/mol. The van der Waals surface area contributed by atoms with Crippen LogP contribution in [0.3, 0.4) is 0 Å². The van der Waals surface area contributed by atoms with E-state index in [1.807, 2.05) is 4.68 Å². The number of piperazine rings is 1. The SMILES string of the molecule is O=C(c1ccc(F)cc1F)N1CCN(Cc2nnnn2C2CC2)CC1. The van der Waals surface area contributed by atoms with Gasteiger partial charge in [-0.05, 0) is 35.4 Å². The third-order valence-corrected chi connectivity index (χ3v) is 4.64. The van der Waals surface area contributed by atoms with Crippen molar-refractivity contribution in [1.29, 1.82) is 0 Å². The van der Waals surface area contributed by atoms with Gasteiger partial charge in [0.15, 0.2) is 5.82 Å². The van der Waals surface area contributed by atoms with Crippen molar-refractivity contribution in [1.82, 2.24) is 30.0 Å². The highest BCUT2D eigenvalue weighted by Crippen LogP contribution is 2.34. The van der Waals surface area contributed by atoms with Crippen LogP contribution >= 0.6 is 0 Å². The Morgan fingerprint density at radius 2 is 1.92 bits per heavy atom. The van der Waals surface area contributed by atoms with Crippen LogP contribution in [-0.4, -0.2) is 62.1 Å². The van der Waals surface area contributed by atoms with E-state index in [2.05, 4.69) is 20.4 Å². The van der Waals surface area contributed by atoms with E-state index in [-0.39, 0.29) is 5.56 Å². The van der Waals surface area contributed by atoms with Crippen LogP contribution in [0.1, 0.15) is 35.1 Å². The second kappa shape index (κ2) is 6.47. The lowest BCUT2D eigenvalue weighted by Gasteiger charge is -2.34. The zero-order valence-electron chi connectivity index (χ0n) is 13.6. The van der Waals surface area contributed by atoms with Crippen molar-refractivity contribution in [2.24, 2.45) is 0 Å². The van der Waals surface area contributed by atoms with Gasteiger partial charge in [0.05, 0.1) is 18.2 Å². The number of rotatable bonds is 4. The summed E-state index contributed by atoms with van der Waals surface area (Å²) in [5.41, 5.74) is -0.0903. The molecule has 0 unspecified atom stereocenters. The molecule has 1 saturated heterocycles. The number of halogens is 2. The number of hydrogen-bond acceptors (Lipinski definition) is 5. The van der Waals surface area contributed by atoms with E-state index in [1.54, 1.807) is 4.90 Å². The minimum absolute atomic E-state index is 0.0903. The minimum Gasteiger partial charge on any atom is -0.336 e. The maximum absolute atomic E-state index is 13.8. The summed E-state index contributed by atoms with van der Waals surface area (Å²) in [6.45, 7) is 2.93. The Morgan fingerprint density at radius 3 is 2.60 bits per heavy atom. The molecule has 1 aromatic carbocycles. The molecule has 25 heavy (non-hydrogen) atoms. The smallest absolute Gasteiger partial charge is 0.256 e. The van der Waals surface area contributed by atoms with Crippen LogP contribution in [0.25, 0.3) is 0 Å². The summed E-state index contributed by atoms with van der Waals surface area (Å²) < 4.78 is 28.7. The van der Waals surface area contributed by atoms with E-state index in [0.29, 0.717) is 38.8 Å². The van der Waals surface area contributed by atoms with Crippen LogP contribution in [0.4, 0.5) is 8.78 Å². The zero-order chi connectivity index (χ0) is 17.4. The van der Waals surface area contributed by atoms with Crippen LogP contribution < -0.4 is 0 Å². The summed E-state index contributed by atoms with van der Waals surface area (Å²) in [4.78, 5) is 16.2. The molecule has 0 radical (unpaired) electrons. The molecule has 132 valence electrons. The molecule has 4 rings (SSSR count). The second-order valence-electron chi connectivity index (χ2n) is 6.46. The van der Waals surface area contributed by atoms with Gasteiger partial charge in [-0.2, -0.15) is 0 Å². The topological polar surface area (TPSA) is 67.2 Å². The summed E-state index contributed by atoms with van der Waals surface area (Å²) in [5.74, 6) is -1.07. The van der Waals surface area contributed by atoms with Gasteiger partial charge in [0.1, 0.15) is 11.6 Å². The van der Waals surface area contributed by atoms with Crippen LogP contribution in [0.15, 0.2) is 18.2 Å². The Morgan fingerprint density at radius 1 is 1.16 bits per heavy atom. The van der Waals surface area contributed by atoms with Crippen LogP contribution in [0, 0.1) is 11.6 Å². The van der Waals surface area contributed by atoms with Crippen molar-refractivity contribution in [3.63, 3.8) is 0 Å². The molecule has 1 aliphatic carbocycles. The van der Waals surface area contributed by atoms with Crippen molar-refractivity contribution in [2.75, 3.05) is 26.2 Å². The molecule has 0 spiro atoms. The average Bonchev–Trinajstić information content (AvgIpc) is 3.35. The highest BCUT2D eigenvalue weighted by atomic mass is 19.1. The van der Waals surface area contributed by atoms with Crippen molar-refractivity contribution >= 4 is 5.91 Å². The number of tetrazole rings is 1. The third-order valence-electron chi connectivity index (χ3n) is 4.64. The lowest BCUT2D eigenvalue weighted by molar-refractivity contribution is 0.0619. The fourth-order valence-corrected chi connectivity index (χ4v) is 3.06. The van der Waals surface area contributed by atoms with E-state index < -0.39 is 17.5 Å². The van der Waals surface area contributed by atoms with Crippen molar-refractivity contribution in [3.8, 4) is 0 Å². The fourth-order valence-electron chi connectivity index (χ4n) is 3.06. The van der Waals surface area contributed by atoms with Crippen LogP contribution in [0.2, 0.25) is 0 Å². The first-order valence-corrected chi connectivity index (χ1v) is 8.35. The van der Waals surface area contributed by atoms with Crippen LogP contribution in [0.5, 0.6) is 0 Å². The highest BCUT2D eigenvalue weighted by Gasteiger charge is 2.29. The summed E-state index contributed by atoms with van der Waals surface area (Å²) in [6.07, 6.45) is 2.23. The number of amides is 1. The minimum atomic E-state index is -0.823. The molecule has 2 aliphatic rings. The first-order chi connectivity index (χ1) is 12.1. The largest absolute Gasteiger partial charge is 0.336 e. The van der Waals surface area contributed by atoms with Gasteiger partial charge in [0, 0.05) is 32.2 Å². The summed E-state index contributed by atoms with van der Waals surface area (Å²) in [5, 5.41) is 11.9. The van der Waals surface area contributed by atoms with Gasteiger partial charge in [-0.3, -0.25) is 9.69 Å². The van der Waals surface area contributed by atoms with Gasteiger partial charge in [-0.1, -0.05) is 0 Å². The van der Waals surface area contributed by atoms with Gasteiger partial charge >= 0.3 is 0 Å². The standard InChI is InChI=1S/C16H18F2N6O/c17-11-1-4-13(14(18)9-11)16(25)23-7-5-22(6-8-23)10-15-19-20-21-24(15)12-2-3-12/h1,4,9,12H,2-3,5-8,10H2. The summed E-state index contributed by atoms with van der Waals surface area (Å²) >= 11 is 0. The first kappa shape index (κ1) is 16.1. The lowest BCUT2D eigenvalue weighted by Crippen LogP contribution is -2.48. The number of carbonyl (C=O) groups excluding carboxylic acids is 1. The van der Waals surface area contributed by atoms with Gasteiger partial charge in [0.25, 0.3) is 5.91 Å². The van der Waals surface area contributed by atoms with Crippen molar-refractivity contribution in [2.45, 2.75) is 25.4 Å². The number of carbonyl (C=O) groups is 1. The molecule has 9 heteroatoms. The molecule has 0 bridgehead atoms. The van der Waals surface area contributed by atoms with Crippen molar-refractivity contribution in [3.05, 3.63) is 41.2 Å². The van der Waals surface area contributed by atoms with Gasteiger partial charge in [-0.15, -0.1) is 5.10 Å². The van der Waals surface area contributed by atoms with E-state index >= 15 is 0 Å². The van der Waals surface area contributed by atoms with Crippen molar-refractivity contribution < 1.29 is 13.6 Å². The molecule has 2 heterocycles. The van der Waals surface area contributed by atoms with Gasteiger partial charge < -0.3 is 4.90 Å². The summed E-state index contributed by atoms with van der Waals surface area (Å²) in [7, 11) is 0. The number of nitrogens with zero attached hydrogens (tertiary/aromatic N) is 6. The zero-order valence-corrected chi connectivity index (χ0v) is 13.6. The molecule has 0 N–H and O–H groups in total. The molecular formula is C16H18F2N6O. The predicted molar refractivity (Wildman–Crippen MR) is 83.6 cm³/mol. The highest BCUT2D eigenvalue weighted by molar-refractivity contribution is 5.94. The molecule has 1 aromatic heterocycles. The first-order valence-electron chi connectivity index (χ1n) is 8.35. The number of benzene rings is 1. The Labute approximate surface area is 143 Å². The normalized spacial score (nSPS) is 18.6. The van der Waals surface area contributed by atoms with Gasteiger partial charge in [-0.25, -0.2) is 13.5 Å². The van der Waals surface area contributed by atoms with E-state index in [0.717, 1.165) is 30.8 Å². The Balaban J connectivity index is 1.36. The third kappa shape index (κ3) is 3.37. The molecule has 1 aliphatic heterocycles. The number of aromatic nitrogens is 4.